The first-order valence-corrected chi connectivity index (χ1v) is 8.16. The van der Waals surface area contributed by atoms with E-state index >= 15 is 0 Å². The molecule has 2 atom stereocenters. The molecule has 1 amide bonds. The Bertz CT molecular complexity index is 505. The third kappa shape index (κ3) is 3.15. The van der Waals surface area contributed by atoms with Gasteiger partial charge in [-0.25, -0.2) is 0 Å². The fourth-order valence-corrected chi connectivity index (χ4v) is 3.04. The predicted molar refractivity (Wildman–Crippen MR) is 79.2 cm³/mol. The van der Waals surface area contributed by atoms with E-state index in [1.54, 1.807) is 0 Å². The third-order valence-corrected chi connectivity index (χ3v) is 4.54. The highest BCUT2D eigenvalue weighted by Gasteiger charge is 2.32. The predicted octanol–water partition coefficient (Wildman–Crippen LogP) is 1.02. The van der Waals surface area contributed by atoms with E-state index in [1.165, 1.54) is 0 Å². The minimum Gasteiger partial charge on any atom is -0.368 e. The van der Waals surface area contributed by atoms with Crippen molar-refractivity contribution in [2.24, 2.45) is 0 Å². The lowest BCUT2D eigenvalue weighted by Crippen LogP contribution is -2.51. The van der Waals surface area contributed by atoms with Gasteiger partial charge in [-0.3, -0.25) is 9.69 Å². The van der Waals surface area contributed by atoms with Crippen LogP contribution in [-0.2, 0) is 16.0 Å². The maximum atomic E-state index is 12.3. The number of ether oxygens (including phenoxy) is 1. The number of nitrogens with zero attached hydrogens (tertiary/aromatic N) is 4. The smallest absolute Gasteiger partial charge is 0.251 e. The van der Waals surface area contributed by atoms with Crippen LogP contribution in [0.1, 0.15) is 44.4 Å². The van der Waals surface area contributed by atoms with E-state index in [9.17, 15) is 4.79 Å². The summed E-state index contributed by atoms with van der Waals surface area (Å²) in [6.45, 7) is 7.91. The molecule has 1 aromatic heterocycles. The number of aromatic nitrogens is 2. The molecule has 2 fully saturated rings. The standard InChI is InChI=1S/C15H24N4O3/c1-3-13-16-14(22-17-13)11(2)18-6-8-19(9-7-18)15(20)12-5-4-10-21-12/h11-12H,3-10H2,1-2H3. The molecule has 3 rings (SSSR count). The largest absolute Gasteiger partial charge is 0.368 e. The summed E-state index contributed by atoms with van der Waals surface area (Å²) >= 11 is 0. The van der Waals surface area contributed by atoms with Gasteiger partial charge in [0, 0.05) is 39.2 Å². The molecular weight excluding hydrogens is 284 g/mol. The van der Waals surface area contributed by atoms with Crippen LogP contribution in [0.2, 0.25) is 0 Å². The molecule has 0 bridgehead atoms. The van der Waals surface area contributed by atoms with Gasteiger partial charge in [0.25, 0.3) is 5.91 Å². The highest BCUT2D eigenvalue weighted by molar-refractivity contribution is 5.81. The molecule has 1 aromatic rings. The third-order valence-electron chi connectivity index (χ3n) is 4.54. The van der Waals surface area contributed by atoms with E-state index in [2.05, 4.69) is 22.0 Å². The summed E-state index contributed by atoms with van der Waals surface area (Å²) in [6, 6.07) is 0.0905. The molecule has 2 saturated heterocycles. The second-order valence-corrected chi connectivity index (χ2v) is 5.94. The Morgan fingerprint density at radius 2 is 2.14 bits per heavy atom. The summed E-state index contributed by atoms with van der Waals surface area (Å²) in [5.41, 5.74) is 0. The molecule has 7 nitrogen and oxygen atoms in total. The monoisotopic (exact) mass is 308 g/mol. The van der Waals surface area contributed by atoms with Crippen molar-refractivity contribution >= 4 is 5.91 Å². The van der Waals surface area contributed by atoms with E-state index in [0.29, 0.717) is 12.5 Å². The van der Waals surface area contributed by atoms with Crippen molar-refractivity contribution < 1.29 is 14.1 Å². The maximum absolute atomic E-state index is 12.3. The molecule has 2 unspecified atom stereocenters. The number of carbonyl (C=O) groups is 1. The highest BCUT2D eigenvalue weighted by atomic mass is 16.5. The van der Waals surface area contributed by atoms with Crippen molar-refractivity contribution in [2.75, 3.05) is 32.8 Å². The molecule has 0 radical (unpaired) electrons. The average Bonchev–Trinajstić information content (AvgIpc) is 3.25. The van der Waals surface area contributed by atoms with E-state index in [1.807, 2.05) is 11.8 Å². The molecule has 0 saturated carbocycles. The normalized spacial score (nSPS) is 24.6. The highest BCUT2D eigenvalue weighted by Crippen LogP contribution is 2.21. The van der Waals surface area contributed by atoms with Crippen molar-refractivity contribution in [2.45, 2.75) is 45.3 Å². The fraction of sp³-hybridized carbons (Fsp3) is 0.800. The Labute approximate surface area is 130 Å². The number of hydrogen-bond acceptors (Lipinski definition) is 6. The zero-order chi connectivity index (χ0) is 15.5. The first kappa shape index (κ1) is 15.4. The lowest BCUT2D eigenvalue weighted by molar-refractivity contribution is -0.143. The van der Waals surface area contributed by atoms with E-state index < -0.39 is 0 Å². The first-order chi connectivity index (χ1) is 10.7. The van der Waals surface area contributed by atoms with Gasteiger partial charge in [0.05, 0.1) is 6.04 Å². The first-order valence-electron chi connectivity index (χ1n) is 8.16. The number of piperazine rings is 1. The lowest BCUT2D eigenvalue weighted by atomic mass is 10.2. The molecular formula is C15H24N4O3. The summed E-state index contributed by atoms with van der Waals surface area (Å²) in [7, 11) is 0. The van der Waals surface area contributed by atoms with Crippen LogP contribution in [-0.4, -0.2) is 64.7 Å². The quantitative estimate of drug-likeness (QED) is 0.827. The van der Waals surface area contributed by atoms with Gasteiger partial charge in [-0.15, -0.1) is 0 Å². The molecule has 2 aliphatic rings. The van der Waals surface area contributed by atoms with Gasteiger partial charge in [0.15, 0.2) is 5.82 Å². The van der Waals surface area contributed by atoms with Gasteiger partial charge in [0.2, 0.25) is 5.89 Å². The van der Waals surface area contributed by atoms with Crippen molar-refractivity contribution in [3.8, 4) is 0 Å². The molecule has 0 aliphatic carbocycles. The number of amides is 1. The Hall–Kier alpha value is -1.47. The van der Waals surface area contributed by atoms with Crippen LogP contribution in [0.5, 0.6) is 0 Å². The SMILES string of the molecule is CCc1noc(C(C)N2CCN(C(=O)C3CCCO3)CC2)n1. The summed E-state index contributed by atoms with van der Waals surface area (Å²) < 4.78 is 10.8. The van der Waals surface area contributed by atoms with Crippen LogP contribution in [0.4, 0.5) is 0 Å². The van der Waals surface area contributed by atoms with Crippen molar-refractivity contribution in [3.63, 3.8) is 0 Å². The van der Waals surface area contributed by atoms with E-state index in [4.69, 9.17) is 9.26 Å². The van der Waals surface area contributed by atoms with Crippen LogP contribution < -0.4 is 0 Å². The van der Waals surface area contributed by atoms with Gasteiger partial charge >= 0.3 is 0 Å². The van der Waals surface area contributed by atoms with Crippen LogP contribution in [0.3, 0.4) is 0 Å². The summed E-state index contributed by atoms with van der Waals surface area (Å²) in [6.07, 6.45) is 2.41. The Morgan fingerprint density at radius 1 is 1.36 bits per heavy atom. The minimum absolute atomic E-state index is 0.0905. The molecule has 0 N–H and O–H groups in total. The minimum atomic E-state index is -0.216. The Kier molecular flexibility index (Phi) is 4.73. The molecule has 0 spiro atoms. The van der Waals surface area contributed by atoms with Crippen LogP contribution >= 0.6 is 0 Å². The average molecular weight is 308 g/mol. The zero-order valence-electron chi connectivity index (χ0n) is 13.3. The van der Waals surface area contributed by atoms with Crippen LogP contribution in [0.25, 0.3) is 0 Å². The topological polar surface area (TPSA) is 71.7 Å². The molecule has 7 heteroatoms. The second kappa shape index (κ2) is 6.75. The van der Waals surface area contributed by atoms with Gasteiger partial charge in [-0.2, -0.15) is 4.98 Å². The summed E-state index contributed by atoms with van der Waals surface area (Å²) in [5, 5.41) is 3.95. The molecule has 122 valence electrons. The van der Waals surface area contributed by atoms with Gasteiger partial charge in [-0.1, -0.05) is 12.1 Å². The fourth-order valence-electron chi connectivity index (χ4n) is 3.04. The van der Waals surface area contributed by atoms with Crippen LogP contribution in [0.15, 0.2) is 4.52 Å². The molecule has 0 aromatic carbocycles. The maximum Gasteiger partial charge on any atom is 0.251 e. The van der Waals surface area contributed by atoms with Crippen LogP contribution in [0, 0.1) is 0 Å². The lowest BCUT2D eigenvalue weighted by Gasteiger charge is -2.37. The number of hydrogen-bond donors (Lipinski definition) is 0. The summed E-state index contributed by atoms with van der Waals surface area (Å²) in [4.78, 5) is 20.9. The molecule has 3 heterocycles. The van der Waals surface area contributed by atoms with Crippen molar-refractivity contribution in [1.82, 2.24) is 19.9 Å². The van der Waals surface area contributed by atoms with Crippen molar-refractivity contribution in [3.05, 3.63) is 11.7 Å². The Balaban J connectivity index is 1.53. The van der Waals surface area contributed by atoms with E-state index in [0.717, 1.165) is 51.3 Å². The zero-order valence-corrected chi connectivity index (χ0v) is 13.3. The molecule has 2 aliphatic heterocycles. The van der Waals surface area contributed by atoms with Gasteiger partial charge < -0.3 is 14.2 Å². The number of carbonyl (C=O) groups excluding carboxylic acids is 1. The summed E-state index contributed by atoms with van der Waals surface area (Å²) in [5.74, 6) is 1.56. The van der Waals surface area contributed by atoms with Crippen molar-refractivity contribution in [1.29, 1.82) is 0 Å². The number of rotatable bonds is 4. The number of aryl methyl sites for hydroxylation is 1. The Morgan fingerprint density at radius 3 is 2.73 bits per heavy atom. The van der Waals surface area contributed by atoms with E-state index in [-0.39, 0.29) is 18.1 Å². The van der Waals surface area contributed by atoms with Gasteiger partial charge in [0.1, 0.15) is 6.10 Å². The molecule has 22 heavy (non-hydrogen) atoms. The van der Waals surface area contributed by atoms with Gasteiger partial charge in [-0.05, 0) is 19.8 Å². The second-order valence-electron chi connectivity index (χ2n) is 5.94.